The first-order valence-corrected chi connectivity index (χ1v) is 6.59. The fourth-order valence-electron chi connectivity index (χ4n) is 2.43. The minimum absolute atomic E-state index is 0.117. The number of aryl methyl sites for hydroxylation is 1. The Kier molecular flexibility index (Phi) is 3.21. The molecule has 2 aromatic rings. The van der Waals surface area contributed by atoms with E-state index in [4.69, 9.17) is 17.3 Å². The maximum Gasteiger partial charge on any atom is 0.229 e. The van der Waals surface area contributed by atoms with Gasteiger partial charge in [0.25, 0.3) is 0 Å². The topological polar surface area (TPSA) is 76.7 Å². The van der Waals surface area contributed by atoms with Crippen LogP contribution in [0.3, 0.4) is 0 Å². The first-order chi connectivity index (χ1) is 9.20. The minimum atomic E-state index is 0.117. The van der Waals surface area contributed by atoms with Crippen molar-refractivity contribution >= 4 is 23.5 Å². The fourth-order valence-corrected chi connectivity index (χ4v) is 2.60. The molecule has 5 nitrogen and oxygen atoms in total. The summed E-state index contributed by atoms with van der Waals surface area (Å²) in [5.41, 5.74) is 8.35. The lowest BCUT2D eigenvalue weighted by Crippen LogP contribution is -2.28. The molecule has 1 aromatic carbocycles. The molecule has 1 aromatic heterocycles. The Balaban J connectivity index is 1.75. The van der Waals surface area contributed by atoms with Gasteiger partial charge in [0, 0.05) is 6.04 Å². The lowest BCUT2D eigenvalue weighted by atomic mass is 9.88. The minimum Gasteiger partial charge on any atom is -0.368 e. The van der Waals surface area contributed by atoms with Crippen LogP contribution in [0.5, 0.6) is 0 Å². The summed E-state index contributed by atoms with van der Waals surface area (Å²) in [7, 11) is 0. The van der Waals surface area contributed by atoms with E-state index in [1.807, 2.05) is 0 Å². The second-order valence-corrected chi connectivity index (χ2v) is 4.98. The van der Waals surface area contributed by atoms with Crippen LogP contribution in [0.1, 0.15) is 17.5 Å². The molecule has 0 aliphatic heterocycles. The number of aromatic nitrogens is 3. The highest BCUT2D eigenvalue weighted by Crippen LogP contribution is 2.23. The van der Waals surface area contributed by atoms with E-state index in [1.54, 1.807) is 0 Å². The van der Waals surface area contributed by atoms with Crippen molar-refractivity contribution in [1.29, 1.82) is 0 Å². The van der Waals surface area contributed by atoms with Gasteiger partial charge in [-0.3, -0.25) is 0 Å². The standard InChI is InChI=1S/C13H14ClN5/c14-11-17-12(15)19-13(18-11)16-10-6-5-8-3-1-2-4-9(8)7-10/h1-4,10H,5-7H2,(H3,15,16,17,18,19). The van der Waals surface area contributed by atoms with Gasteiger partial charge in [0.1, 0.15) is 0 Å². The van der Waals surface area contributed by atoms with Gasteiger partial charge >= 0.3 is 0 Å². The van der Waals surface area contributed by atoms with Gasteiger partial charge in [-0.15, -0.1) is 0 Å². The van der Waals surface area contributed by atoms with Crippen LogP contribution >= 0.6 is 11.6 Å². The second-order valence-electron chi connectivity index (χ2n) is 4.64. The van der Waals surface area contributed by atoms with Gasteiger partial charge < -0.3 is 11.1 Å². The van der Waals surface area contributed by atoms with Gasteiger partial charge in [0.2, 0.25) is 17.2 Å². The van der Waals surface area contributed by atoms with Crippen molar-refractivity contribution in [1.82, 2.24) is 15.0 Å². The van der Waals surface area contributed by atoms with Crippen LogP contribution in [0.25, 0.3) is 0 Å². The van der Waals surface area contributed by atoms with Crippen LogP contribution in [0.4, 0.5) is 11.9 Å². The van der Waals surface area contributed by atoms with E-state index >= 15 is 0 Å². The van der Waals surface area contributed by atoms with E-state index in [-0.39, 0.29) is 11.2 Å². The Labute approximate surface area is 116 Å². The zero-order chi connectivity index (χ0) is 13.2. The van der Waals surface area contributed by atoms with E-state index < -0.39 is 0 Å². The lowest BCUT2D eigenvalue weighted by molar-refractivity contribution is 0.606. The second kappa shape index (κ2) is 5.01. The Morgan fingerprint density at radius 3 is 2.74 bits per heavy atom. The number of benzene rings is 1. The third kappa shape index (κ3) is 2.76. The van der Waals surface area contributed by atoms with E-state index in [2.05, 4.69) is 44.5 Å². The summed E-state index contributed by atoms with van der Waals surface area (Å²) in [6.45, 7) is 0. The first-order valence-electron chi connectivity index (χ1n) is 6.21. The number of nitrogens with zero attached hydrogens (tertiary/aromatic N) is 3. The number of anilines is 2. The van der Waals surface area contributed by atoms with E-state index in [1.165, 1.54) is 11.1 Å². The smallest absolute Gasteiger partial charge is 0.229 e. The number of nitrogen functional groups attached to an aromatic ring is 1. The number of halogens is 1. The molecule has 0 fully saturated rings. The molecule has 98 valence electrons. The molecule has 3 N–H and O–H groups in total. The largest absolute Gasteiger partial charge is 0.368 e. The molecule has 0 amide bonds. The number of nitrogens with one attached hydrogen (secondary N) is 1. The van der Waals surface area contributed by atoms with Gasteiger partial charge in [0.15, 0.2) is 0 Å². The van der Waals surface area contributed by atoms with Gasteiger partial charge in [0.05, 0.1) is 0 Å². The number of hydrogen-bond acceptors (Lipinski definition) is 5. The average Bonchev–Trinajstić information content (AvgIpc) is 2.37. The van der Waals surface area contributed by atoms with Crippen LogP contribution in [-0.2, 0) is 12.8 Å². The monoisotopic (exact) mass is 275 g/mol. The number of fused-ring (bicyclic) bond motifs is 1. The summed E-state index contributed by atoms with van der Waals surface area (Å²) >= 11 is 5.77. The van der Waals surface area contributed by atoms with Crippen molar-refractivity contribution in [3.05, 3.63) is 40.7 Å². The predicted octanol–water partition coefficient (Wildman–Crippen LogP) is 2.08. The van der Waals surface area contributed by atoms with Crippen LogP contribution < -0.4 is 11.1 Å². The van der Waals surface area contributed by atoms with Crippen molar-refractivity contribution in [2.45, 2.75) is 25.3 Å². The summed E-state index contributed by atoms with van der Waals surface area (Å²) in [5.74, 6) is 0.584. The van der Waals surface area contributed by atoms with Crippen LogP contribution in [0.2, 0.25) is 5.28 Å². The summed E-state index contributed by atoms with van der Waals surface area (Å²) in [6, 6.07) is 8.80. The molecule has 0 saturated carbocycles. The molecule has 3 rings (SSSR count). The zero-order valence-electron chi connectivity index (χ0n) is 10.3. The van der Waals surface area contributed by atoms with Gasteiger partial charge in [-0.2, -0.15) is 15.0 Å². The molecule has 0 radical (unpaired) electrons. The maximum absolute atomic E-state index is 5.77. The highest BCUT2D eigenvalue weighted by Gasteiger charge is 2.19. The zero-order valence-corrected chi connectivity index (χ0v) is 11.1. The van der Waals surface area contributed by atoms with Crippen LogP contribution in [0, 0.1) is 0 Å². The van der Waals surface area contributed by atoms with Crippen molar-refractivity contribution < 1.29 is 0 Å². The molecule has 1 aliphatic carbocycles. The Hall–Kier alpha value is -1.88. The molecule has 6 heteroatoms. The quantitative estimate of drug-likeness (QED) is 0.877. The average molecular weight is 276 g/mol. The normalized spacial score (nSPS) is 17.8. The highest BCUT2D eigenvalue weighted by atomic mass is 35.5. The van der Waals surface area contributed by atoms with Crippen LogP contribution in [-0.4, -0.2) is 21.0 Å². The van der Waals surface area contributed by atoms with Crippen molar-refractivity contribution in [3.8, 4) is 0 Å². The van der Waals surface area contributed by atoms with E-state index in [9.17, 15) is 0 Å². The summed E-state index contributed by atoms with van der Waals surface area (Å²) in [6.07, 6.45) is 3.06. The molecule has 0 saturated heterocycles. The number of hydrogen-bond donors (Lipinski definition) is 2. The molecule has 19 heavy (non-hydrogen) atoms. The third-order valence-electron chi connectivity index (χ3n) is 3.31. The number of rotatable bonds is 2. The van der Waals surface area contributed by atoms with E-state index in [0.717, 1.165) is 19.3 Å². The van der Waals surface area contributed by atoms with Crippen molar-refractivity contribution in [3.63, 3.8) is 0 Å². The lowest BCUT2D eigenvalue weighted by Gasteiger charge is -2.25. The van der Waals surface area contributed by atoms with Crippen LogP contribution in [0.15, 0.2) is 24.3 Å². The molecule has 1 unspecified atom stereocenters. The summed E-state index contributed by atoms with van der Waals surface area (Å²) in [5, 5.41) is 3.39. The first kappa shape index (κ1) is 12.2. The Bertz CT molecular complexity index is 581. The van der Waals surface area contributed by atoms with Crippen molar-refractivity contribution in [2.24, 2.45) is 0 Å². The molecule has 1 aliphatic rings. The Morgan fingerprint density at radius 2 is 1.95 bits per heavy atom. The molecular formula is C13H14ClN5. The molecule has 1 heterocycles. The van der Waals surface area contributed by atoms with E-state index in [0.29, 0.717) is 12.0 Å². The molecular weight excluding hydrogens is 262 g/mol. The maximum atomic E-state index is 5.77. The summed E-state index contributed by atoms with van der Waals surface area (Å²) < 4.78 is 0. The van der Waals surface area contributed by atoms with Gasteiger partial charge in [-0.1, -0.05) is 24.3 Å². The molecule has 1 atom stereocenters. The molecule has 0 bridgehead atoms. The Morgan fingerprint density at radius 1 is 1.16 bits per heavy atom. The highest BCUT2D eigenvalue weighted by molar-refractivity contribution is 6.28. The van der Waals surface area contributed by atoms with Gasteiger partial charge in [-0.25, -0.2) is 0 Å². The fraction of sp³-hybridized carbons (Fsp3) is 0.308. The van der Waals surface area contributed by atoms with Crippen molar-refractivity contribution in [2.75, 3.05) is 11.1 Å². The van der Waals surface area contributed by atoms with Gasteiger partial charge in [-0.05, 0) is 42.0 Å². The SMILES string of the molecule is Nc1nc(Cl)nc(NC2CCc3ccccc3C2)n1. The molecule has 0 spiro atoms. The number of nitrogens with two attached hydrogens (primary N) is 1. The predicted molar refractivity (Wildman–Crippen MR) is 75.1 cm³/mol. The summed E-state index contributed by atoms with van der Waals surface area (Å²) in [4.78, 5) is 11.8. The third-order valence-corrected chi connectivity index (χ3v) is 3.47.